The number of esters is 1. The van der Waals surface area contributed by atoms with Gasteiger partial charge in [0.1, 0.15) is 12.9 Å². The van der Waals surface area contributed by atoms with Crippen LogP contribution in [-0.4, -0.2) is 33.9 Å². The average Bonchev–Trinajstić information content (AvgIpc) is 2.94. The number of nitrogens with zero attached hydrogens (tertiary/aromatic N) is 3. The number of benzene rings is 1. The molecular formula is C14H15N3O3. The molecule has 2 rings (SSSR count). The van der Waals surface area contributed by atoms with Crippen molar-refractivity contribution in [1.29, 1.82) is 0 Å². The summed E-state index contributed by atoms with van der Waals surface area (Å²) < 4.78 is 11.7. The average molecular weight is 273 g/mol. The van der Waals surface area contributed by atoms with Gasteiger partial charge >= 0.3 is 12.0 Å². The Morgan fingerprint density at radius 1 is 1.35 bits per heavy atom. The van der Waals surface area contributed by atoms with Crippen molar-refractivity contribution in [2.45, 2.75) is 6.92 Å². The summed E-state index contributed by atoms with van der Waals surface area (Å²) in [5.74, 6) is -0.390. The first-order valence-corrected chi connectivity index (χ1v) is 6.22. The maximum Gasteiger partial charge on any atom is 0.336 e. The standard InChI is InChI=1S/C14H15N3O3/c1-2-19-13(18)9-6-10-20-14-15-11-17(16-14)12-7-4-3-5-8-12/h3-9,11H,2,10H2,1H3/b9-6+. The van der Waals surface area contributed by atoms with Gasteiger partial charge in [0.25, 0.3) is 0 Å². The first kappa shape index (κ1) is 13.8. The third-order valence-electron chi connectivity index (χ3n) is 2.34. The third kappa shape index (κ3) is 3.94. The van der Waals surface area contributed by atoms with Crippen molar-refractivity contribution in [3.8, 4) is 11.7 Å². The van der Waals surface area contributed by atoms with Gasteiger partial charge < -0.3 is 9.47 Å². The zero-order valence-corrected chi connectivity index (χ0v) is 11.1. The number of ether oxygens (including phenoxy) is 2. The van der Waals surface area contributed by atoms with Crippen LogP contribution in [0.5, 0.6) is 6.01 Å². The second-order valence-electron chi connectivity index (χ2n) is 3.77. The Labute approximate surface area is 116 Å². The molecule has 2 aromatic rings. The molecule has 1 aromatic heterocycles. The summed E-state index contributed by atoms with van der Waals surface area (Å²) >= 11 is 0. The first-order valence-electron chi connectivity index (χ1n) is 6.22. The molecule has 104 valence electrons. The van der Waals surface area contributed by atoms with E-state index >= 15 is 0 Å². The largest absolute Gasteiger partial charge is 0.463 e. The highest BCUT2D eigenvalue weighted by molar-refractivity contribution is 5.81. The summed E-state index contributed by atoms with van der Waals surface area (Å²) in [6.45, 7) is 2.31. The topological polar surface area (TPSA) is 66.2 Å². The maximum absolute atomic E-state index is 11.0. The van der Waals surface area contributed by atoms with Crippen LogP contribution in [0.15, 0.2) is 48.8 Å². The highest BCUT2D eigenvalue weighted by atomic mass is 16.5. The van der Waals surface area contributed by atoms with Crippen LogP contribution < -0.4 is 4.74 Å². The number of hydrogen-bond donors (Lipinski definition) is 0. The fourth-order valence-corrected chi connectivity index (χ4v) is 1.48. The van der Waals surface area contributed by atoms with Crippen LogP contribution >= 0.6 is 0 Å². The predicted molar refractivity (Wildman–Crippen MR) is 72.6 cm³/mol. The quantitative estimate of drug-likeness (QED) is 0.592. The monoisotopic (exact) mass is 273 g/mol. The van der Waals surface area contributed by atoms with E-state index in [0.717, 1.165) is 5.69 Å². The van der Waals surface area contributed by atoms with E-state index in [1.165, 1.54) is 6.08 Å². The molecule has 0 atom stereocenters. The number of para-hydroxylation sites is 1. The van der Waals surface area contributed by atoms with Gasteiger partial charge in [0.05, 0.1) is 12.3 Å². The molecule has 1 aromatic carbocycles. The highest BCUT2D eigenvalue weighted by Gasteiger charge is 2.02. The van der Waals surface area contributed by atoms with E-state index in [1.54, 1.807) is 24.0 Å². The van der Waals surface area contributed by atoms with E-state index in [-0.39, 0.29) is 18.6 Å². The van der Waals surface area contributed by atoms with Crippen LogP contribution in [-0.2, 0) is 9.53 Å². The molecule has 0 radical (unpaired) electrons. The van der Waals surface area contributed by atoms with Crippen molar-refractivity contribution in [2.75, 3.05) is 13.2 Å². The van der Waals surface area contributed by atoms with Gasteiger partial charge in [-0.15, -0.1) is 5.10 Å². The summed E-state index contributed by atoms with van der Waals surface area (Å²) in [7, 11) is 0. The number of carbonyl (C=O) groups is 1. The number of aromatic nitrogens is 3. The minimum absolute atomic E-state index is 0.206. The highest BCUT2D eigenvalue weighted by Crippen LogP contribution is 2.07. The Hall–Kier alpha value is -2.63. The van der Waals surface area contributed by atoms with Gasteiger partial charge in [0.15, 0.2) is 0 Å². The summed E-state index contributed by atoms with van der Waals surface area (Å²) in [5.41, 5.74) is 0.900. The van der Waals surface area contributed by atoms with Crippen LogP contribution in [0, 0.1) is 0 Å². The Kier molecular flexibility index (Phi) is 4.88. The maximum atomic E-state index is 11.0. The van der Waals surface area contributed by atoms with E-state index in [9.17, 15) is 4.79 Å². The summed E-state index contributed by atoms with van der Waals surface area (Å²) in [6, 6.07) is 9.84. The lowest BCUT2D eigenvalue weighted by Gasteiger charge is -1.98. The number of rotatable bonds is 6. The Morgan fingerprint density at radius 3 is 2.90 bits per heavy atom. The molecule has 0 spiro atoms. The van der Waals surface area contributed by atoms with Gasteiger partial charge in [-0.2, -0.15) is 4.98 Å². The first-order chi connectivity index (χ1) is 9.79. The SMILES string of the molecule is CCOC(=O)/C=C/COc1ncn(-c2ccccc2)n1. The molecule has 1 heterocycles. The fraction of sp³-hybridized carbons (Fsp3) is 0.214. The van der Waals surface area contributed by atoms with Crippen molar-refractivity contribution < 1.29 is 14.3 Å². The van der Waals surface area contributed by atoms with Gasteiger partial charge in [-0.05, 0) is 25.1 Å². The van der Waals surface area contributed by atoms with Gasteiger partial charge in [0, 0.05) is 6.08 Å². The fourth-order valence-electron chi connectivity index (χ4n) is 1.48. The molecule has 0 aliphatic heterocycles. The van der Waals surface area contributed by atoms with Crippen molar-refractivity contribution in [2.24, 2.45) is 0 Å². The normalized spacial score (nSPS) is 10.7. The van der Waals surface area contributed by atoms with Crippen LogP contribution in [0.3, 0.4) is 0 Å². The van der Waals surface area contributed by atoms with Crippen molar-refractivity contribution in [3.63, 3.8) is 0 Å². The van der Waals surface area contributed by atoms with Gasteiger partial charge in [0.2, 0.25) is 0 Å². The smallest absolute Gasteiger partial charge is 0.336 e. The number of carbonyl (C=O) groups excluding carboxylic acids is 1. The molecule has 0 aliphatic carbocycles. The minimum Gasteiger partial charge on any atom is -0.463 e. The van der Waals surface area contributed by atoms with E-state index in [0.29, 0.717) is 6.61 Å². The molecule has 0 amide bonds. The Balaban J connectivity index is 1.86. The van der Waals surface area contributed by atoms with Gasteiger partial charge in [-0.3, -0.25) is 0 Å². The molecule has 6 nitrogen and oxygen atoms in total. The summed E-state index contributed by atoms with van der Waals surface area (Å²) in [5, 5.41) is 4.17. The molecule has 0 fully saturated rings. The lowest BCUT2D eigenvalue weighted by Crippen LogP contribution is -2.01. The van der Waals surface area contributed by atoms with Crippen LogP contribution in [0.2, 0.25) is 0 Å². The predicted octanol–water partition coefficient (Wildman–Crippen LogP) is 1.77. The van der Waals surface area contributed by atoms with Crippen molar-refractivity contribution >= 4 is 5.97 Å². The number of hydrogen-bond acceptors (Lipinski definition) is 5. The molecule has 0 bridgehead atoms. The zero-order valence-electron chi connectivity index (χ0n) is 11.1. The second-order valence-corrected chi connectivity index (χ2v) is 3.77. The lowest BCUT2D eigenvalue weighted by molar-refractivity contribution is -0.137. The Bertz CT molecular complexity index is 578. The third-order valence-corrected chi connectivity index (χ3v) is 2.34. The lowest BCUT2D eigenvalue weighted by atomic mass is 10.3. The van der Waals surface area contributed by atoms with Crippen molar-refractivity contribution in [1.82, 2.24) is 14.8 Å². The zero-order chi connectivity index (χ0) is 14.2. The molecule has 0 N–H and O–H groups in total. The molecule has 0 saturated carbocycles. The van der Waals surface area contributed by atoms with Gasteiger partial charge in [-0.25, -0.2) is 9.48 Å². The van der Waals surface area contributed by atoms with Crippen LogP contribution in [0.1, 0.15) is 6.92 Å². The van der Waals surface area contributed by atoms with Crippen LogP contribution in [0.4, 0.5) is 0 Å². The van der Waals surface area contributed by atoms with Gasteiger partial charge in [-0.1, -0.05) is 18.2 Å². The van der Waals surface area contributed by atoms with Crippen LogP contribution in [0.25, 0.3) is 5.69 Å². The van der Waals surface area contributed by atoms with Crippen molar-refractivity contribution in [3.05, 3.63) is 48.8 Å². The Morgan fingerprint density at radius 2 is 2.15 bits per heavy atom. The minimum atomic E-state index is -0.390. The second kappa shape index (κ2) is 7.08. The van der Waals surface area contributed by atoms with E-state index in [4.69, 9.17) is 9.47 Å². The molecule has 6 heteroatoms. The summed E-state index contributed by atoms with van der Waals surface area (Å²) in [4.78, 5) is 15.1. The van der Waals surface area contributed by atoms with E-state index in [1.807, 2.05) is 30.3 Å². The summed E-state index contributed by atoms with van der Waals surface area (Å²) in [6.07, 6.45) is 4.44. The molecular weight excluding hydrogens is 258 g/mol. The van der Waals surface area contributed by atoms with E-state index in [2.05, 4.69) is 10.1 Å². The molecule has 0 saturated heterocycles. The molecule has 20 heavy (non-hydrogen) atoms. The van der Waals surface area contributed by atoms with E-state index < -0.39 is 0 Å². The molecule has 0 aliphatic rings. The molecule has 0 unspecified atom stereocenters.